The van der Waals surface area contributed by atoms with Crippen LogP contribution in [-0.2, 0) is 0 Å². The first kappa shape index (κ1) is 13.4. The number of amidine groups is 1. The Labute approximate surface area is 113 Å². The van der Waals surface area contributed by atoms with Gasteiger partial charge in [0.1, 0.15) is 0 Å². The summed E-state index contributed by atoms with van der Waals surface area (Å²) in [6.45, 7) is 0. The van der Waals surface area contributed by atoms with Crippen LogP contribution in [0.5, 0.6) is 0 Å². The van der Waals surface area contributed by atoms with Gasteiger partial charge in [0.05, 0.1) is 6.10 Å². The molecule has 19 heavy (non-hydrogen) atoms. The molecule has 7 nitrogen and oxygen atoms in total. The minimum absolute atomic E-state index is 0.160. The average molecular weight is 280 g/mol. The summed E-state index contributed by atoms with van der Waals surface area (Å²) in [6, 6.07) is 9.24. The molecule has 100 valence electrons. The highest BCUT2D eigenvalue weighted by molar-refractivity contribution is 7.99. The highest BCUT2D eigenvalue weighted by Gasteiger charge is 2.17. The van der Waals surface area contributed by atoms with Crippen LogP contribution in [0.1, 0.15) is 17.4 Å². The molecule has 0 radical (unpaired) electrons. The largest absolute Gasteiger partial charge is 0.409 e. The van der Waals surface area contributed by atoms with Crippen LogP contribution in [0.4, 0.5) is 0 Å². The zero-order valence-electron chi connectivity index (χ0n) is 9.80. The predicted octanol–water partition coefficient (Wildman–Crippen LogP) is 0.990. The number of hydrogen-bond acceptors (Lipinski definition) is 7. The maximum atomic E-state index is 10.00. The summed E-state index contributed by atoms with van der Waals surface area (Å²) >= 11 is 1.21. The highest BCUT2D eigenvalue weighted by Crippen LogP contribution is 2.25. The molecule has 0 aliphatic carbocycles. The molecule has 1 atom stereocenters. The van der Waals surface area contributed by atoms with Gasteiger partial charge in [0.2, 0.25) is 0 Å². The van der Waals surface area contributed by atoms with Gasteiger partial charge < -0.3 is 16.0 Å². The Bertz CT molecular complexity index is 558. The van der Waals surface area contributed by atoms with Crippen molar-refractivity contribution >= 4 is 17.6 Å². The van der Waals surface area contributed by atoms with E-state index >= 15 is 0 Å². The fourth-order valence-electron chi connectivity index (χ4n) is 1.41. The van der Waals surface area contributed by atoms with Gasteiger partial charge in [-0.05, 0) is 15.9 Å². The first-order valence-corrected chi connectivity index (χ1v) is 6.37. The molecule has 1 aromatic carbocycles. The molecule has 1 heterocycles. The van der Waals surface area contributed by atoms with Crippen molar-refractivity contribution in [1.29, 1.82) is 0 Å². The maximum absolute atomic E-state index is 10.00. The monoisotopic (exact) mass is 280 g/mol. The smallest absolute Gasteiger partial charge is 0.195 e. The third-order valence-corrected chi connectivity index (χ3v) is 3.39. The summed E-state index contributed by atoms with van der Waals surface area (Å²) in [5.41, 5.74) is 6.38. The number of thioether (sulfide) groups is 1. The summed E-state index contributed by atoms with van der Waals surface area (Å²) < 4.78 is 4.53. The van der Waals surface area contributed by atoms with Crippen LogP contribution in [0.3, 0.4) is 0 Å². The van der Waals surface area contributed by atoms with Crippen molar-refractivity contribution < 1.29 is 14.9 Å². The quantitative estimate of drug-likeness (QED) is 0.246. The molecular formula is C11H12N4O3S. The molecule has 2 aromatic rings. The van der Waals surface area contributed by atoms with Gasteiger partial charge in [-0.3, -0.25) is 0 Å². The number of oxime groups is 1. The first-order valence-electron chi connectivity index (χ1n) is 5.38. The van der Waals surface area contributed by atoms with E-state index in [-0.39, 0.29) is 11.5 Å². The van der Waals surface area contributed by atoms with E-state index in [0.29, 0.717) is 10.8 Å². The molecule has 0 saturated carbocycles. The van der Waals surface area contributed by atoms with Gasteiger partial charge in [-0.2, -0.15) is 0 Å². The van der Waals surface area contributed by atoms with Crippen LogP contribution in [0.15, 0.2) is 45.1 Å². The van der Waals surface area contributed by atoms with Crippen LogP contribution in [0, 0.1) is 0 Å². The second-order valence-corrected chi connectivity index (χ2v) is 4.65. The third-order valence-electron chi connectivity index (χ3n) is 2.37. The number of benzene rings is 1. The topological polar surface area (TPSA) is 118 Å². The molecule has 0 fully saturated rings. The lowest BCUT2D eigenvalue weighted by atomic mass is 10.1. The number of nitrogens with two attached hydrogens (primary N) is 1. The first-order chi connectivity index (χ1) is 9.22. The van der Waals surface area contributed by atoms with Gasteiger partial charge in [-0.1, -0.05) is 47.2 Å². The minimum atomic E-state index is -0.650. The van der Waals surface area contributed by atoms with Crippen molar-refractivity contribution in [2.75, 3.05) is 5.75 Å². The van der Waals surface area contributed by atoms with Crippen LogP contribution < -0.4 is 5.73 Å². The Kier molecular flexibility index (Phi) is 4.37. The third kappa shape index (κ3) is 3.24. The zero-order valence-corrected chi connectivity index (χ0v) is 10.6. The van der Waals surface area contributed by atoms with Gasteiger partial charge in [-0.15, -0.1) is 0 Å². The van der Waals surface area contributed by atoms with Crippen LogP contribution in [-0.4, -0.2) is 32.2 Å². The molecule has 0 aliphatic rings. The number of aromatic nitrogens is 2. The van der Waals surface area contributed by atoms with Crippen LogP contribution >= 0.6 is 11.8 Å². The fraction of sp³-hybridized carbons (Fsp3) is 0.182. The van der Waals surface area contributed by atoms with E-state index in [0.717, 1.165) is 5.56 Å². The number of rotatable bonds is 5. The van der Waals surface area contributed by atoms with Crippen molar-refractivity contribution in [3.8, 4) is 0 Å². The summed E-state index contributed by atoms with van der Waals surface area (Å²) in [4.78, 5) is 0. The van der Waals surface area contributed by atoms with E-state index in [1.54, 1.807) is 0 Å². The van der Waals surface area contributed by atoms with Crippen molar-refractivity contribution in [3.05, 3.63) is 41.6 Å². The molecular weight excluding hydrogens is 268 g/mol. The Morgan fingerprint density at radius 3 is 2.79 bits per heavy atom. The molecule has 4 N–H and O–H groups in total. The van der Waals surface area contributed by atoms with Gasteiger partial charge >= 0.3 is 0 Å². The van der Waals surface area contributed by atoms with Gasteiger partial charge in [-0.25, -0.2) is 4.63 Å². The van der Waals surface area contributed by atoms with Crippen molar-refractivity contribution in [2.24, 2.45) is 10.9 Å². The van der Waals surface area contributed by atoms with E-state index in [4.69, 9.17) is 10.9 Å². The second-order valence-electron chi connectivity index (χ2n) is 3.64. The predicted molar refractivity (Wildman–Crippen MR) is 68.9 cm³/mol. The van der Waals surface area contributed by atoms with Crippen LogP contribution in [0.2, 0.25) is 0 Å². The van der Waals surface area contributed by atoms with Gasteiger partial charge in [0, 0.05) is 5.75 Å². The summed E-state index contributed by atoms with van der Waals surface area (Å²) in [5, 5.41) is 29.0. The number of nitrogens with zero attached hydrogens (tertiary/aromatic N) is 3. The van der Waals surface area contributed by atoms with E-state index in [1.165, 1.54) is 11.8 Å². The summed E-state index contributed by atoms with van der Waals surface area (Å²) in [7, 11) is 0. The second kappa shape index (κ2) is 6.21. The van der Waals surface area contributed by atoms with Crippen molar-refractivity contribution in [2.45, 2.75) is 11.1 Å². The Balaban J connectivity index is 2.02. The fourth-order valence-corrected chi connectivity index (χ4v) is 2.28. The van der Waals surface area contributed by atoms with E-state index in [1.807, 2.05) is 30.3 Å². The van der Waals surface area contributed by atoms with Gasteiger partial charge in [0.25, 0.3) is 0 Å². The van der Waals surface area contributed by atoms with E-state index in [2.05, 4.69) is 20.1 Å². The normalized spacial score (nSPS) is 13.4. The van der Waals surface area contributed by atoms with Gasteiger partial charge in [0.15, 0.2) is 16.6 Å². The highest BCUT2D eigenvalue weighted by atomic mass is 32.2. The Hall–Kier alpha value is -2.06. The Morgan fingerprint density at radius 1 is 1.37 bits per heavy atom. The molecule has 0 bridgehead atoms. The molecule has 2 rings (SSSR count). The molecule has 1 unspecified atom stereocenters. The molecule has 0 spiro atoms. The Morgan fingerprint density at radius 2 is 2.11 bits per heavy atom. The summed E-state index contributed by atoms with van der Waals surface area (Å²) in [5.74, 6) is 0.169. The number of aliphatic hydroxyl groups excluding tert-OH is 1. The lowest BCUT2D eigenvalue weighted by Gasteiger charge is -2.09. The number of hydrogen-bond donors (Lipinski definition) is 3. The molecule has 1 aromatic heterocycles. The standard InChI is InChI=1S/C11H12N4O3S/c12-10(13-17)9-11(15-18-14-9)19-6-8(16)7-4-2-1-3-5-7/h1-5,8,16-17H,6H2,(H2,12,13). The van der Waals surface area contributed by atoms with Crippen molar-refractivity contribution in [1.82, 2.24) is 10.3 Å². The molecule has 8 heteroatoms. The lowest BCUT2D eigenvalue weighted by molar-refractivity contribution is 0.204. The minimum Gasteiger partial charge on any atom is -0.409 e. The van der Waals surface area contributed by atoms with Crippen LogP contribution in [0.25, 0.3) is 0 Å². The van der Waals surface area contributed by atoms with E-state index in [9.17, 15) is 5.11 Å². The molecule has 0 aliphatic heterocycles. The maximum Gasteiger partial charge on any atom is 0.195 e. The lowest BCUT2D eigenvalue weighted by Crippen LogP contribution is -2.14. The SMILES string of the molecule is N/C(=N\O)c1nonc1SCC(O)c1ccccc1. The number of aliphatic hydroxyl groups is 1. The van der Waals surface area contributed by atoms with Crippen molar-refractivity contribution in [3.63, 3.8) is 0 Å². The molecule has 0 amide bonds. The molecule has 0 saturated heterocycles. The summed E-state index contributed by atoms with van der Waals surface area (Å²) in [6.07, 6.45) is -0.650. The van der Waals surface area contributed by atoms with E-state index < -0.39 is 6.10 Å². The average Bonchev–Trinajstić information content (AvgIpc) is 2.93. The zero-order chi connectivity index (χ0) is 13.7.